The highest BCUT2D eigenvalue weighted by molar-refractivity contribution is 9.10. The third kappa shape index (κ3) is 4.48. The maximum atomic E-state index is 11.8. The maximum Gasteiger partial charge on any atom is 0.223 e. The first-order valence-corrected chi connectivity index (χ1v) is 6.59. The van der Waals surface area contributed by atoms with Crippen molar-refractivity contribution in [3.8, 4) is 0 Å². The van der Waals surface area contributed by atoms with Crippen LogP contribution in [0.3, 0.4) is 0 Å². The van der Waals surface area contributed by atoms with Gasteiger partial charge in [-0.15, -0.1) is 0 Å². The number of amides is 1. The van der Waals surface area contributed by atoms with Gasteiger partial charge in [0.1, 0.15) is 0 Å². The topological polar surface area (TPSA) is 55.1 Å². The number of rotatable bonds is 5. The van der Waals surface area contributed by atoms with E-state index in [9.17, 15) is 4.79 Å². The van der Waals surface area contributed by atoms with Crippen LogP contribution in [0, 0.1) is 5.92 Å². The predicted octanol–water partition coefficient (Wildman–Crippen LogP) is 2.61. The summed E-state index contributed by atoms with van der Waals surface area (Å²) in [5.41, 5.74) is 6.53. The largest absolute Gasteiger partial charge is 0.349 e. The fourth-order valence-corrected chi connectivity index (χ4v) is 2.01. The van der Waals surface area contributed by atoms with Crippen molar-refractivity contribution in [2.45, 2.75) is 26.3 Å². The Morgan fingerprint density at radius 1 is 1.47 bits per heavy atom. The van der Waals surface area contributed by atoms with Crippen LogP contribution < -0.4 is 11.1 Å². The number of carbonyl (C=O) groups excluding carboxylic acids is 1. The number of hydrogen-bond donors (Lipinski definition) is 2. The van der Waals surface area contributed by atoms with E-state index in [1.165, 1.54) is 0 Å². The van der Waals surface area contributed by atoms with Crippen LogP contribution in [0.5, 0.6) is 0 Å². The van der Waals surface area contributed by atoms with Crippen molar-refractivity contribution in [1.29, 1.82) is 0 Å². The lowest BCUT2D eigenvalue weighted by molar-refractivity contribution is -0.125. The molecule has 0 heterocycles. The molecule has 0 spiro atoms. The van der Waals surface area contributed by atoms with E-state index in [-0.39, 0.29) is 17.9 Å². The fourth-order valence-electron chi connectivity index (χ4n) is 1.60. The number of benzene rings is 1. The summed E-state index contributed by atoms with van der Waals surface area (Å²) >= 11 is 3.42. The standard InChI is InChI=1S/C13H19BrN2O/c1-9(6-7-15)13(17)16-10(2)11-4-3-5-12(14)8-11/h3-5,8-10H,6-7,15H2,1-2H3,(H,16,17)/t9?,10-/m0/s1. The lowest BCUT2D eigenvalue weighted by Crippen LogP contribution is -2.32. The second-order valence-electron chi connectivity index (χ2n) is 4.26. The molecule has 4 heteroatoms. The molecule has 1 aromatic rings. The minimum atomic E-state index is -0.0328. The molecule has 0 radical (unpaired) electrons. The highest BCUT2D eigenvalue weighted by atomic mass is 79.9. The molecule has 17 heavy (non-hydrogen) atoms. The van der Waals surface area contributed by atoms with Gasteiger partial charge in [-0.2, -0.15) is 0 Å². The van der Waals surface area contributed by atoms with Crippen molar-refractivity contribution in [2.24, 2.45) is 11.7 Å². The van der Waals surface area contributed by atoms with Gasteiger partial charge in [-0.05, 0) is 37.6 Å². The monoisotopic (exact) mass is 298 g/mol. The molecule has 0 aliphatic rings. The van der Waals surface area contributed by atoms with Gasteiger partial charge in [0.25, 0.3) is 0 Å². The second-order valence-corrected chi connectivity index (χ2v) is 5.18. The Morgan fingerprint density at radius 3 is 2.76 bits per heavy atom. The summed E-state index contributed by atoms with van der Waals surface area (Å²) in [7, 11) is 0. The van der Waals surface area contributed by atoms with Gasteiger partial charge in [0, 0.05) is 10.4 Å². The molecule has 0 aliphatic heterocycles. The van der Waals surface area contributed by atoms with E-state index in [1.54, 1.807) is 0 Å². The molecule has 94 valence electrons. The molecule has 0 saturated carbocycles. The number of carbonyl (C=O) groups is 1. The van der Waals surface area contributed by atoms with Crippen molar-refractivity contribution >= 4 is 21.8 Å². The summed E-state index contributed by atoms with van der Waals surface area (Å²) in [6.07, 6.45) is 0.719. The van der Waals surface area contributed by atoms with Crippen LogP contribution in [0.1, 0.15) is 31.9 Å². The Morgan fingerprint density at radius 2 is 2.18 bits per heavy atom. The molecule has 1 rings (SSSR count). The summed E-state index contributed by atoms with van der Waals surface area (Å²) in [4.78, 5) is 11.8. The van der Waals surface area contributed by atoms with Gasteiger partial charge < -0.3 is 11.1 Å². The van der Waals surface area contributed by atoms with E-state index in [0.717, 1.165) is 16.5 Å². The number of hydrogen-bond acceptors (Lipinski definition) is 2. The molecule has 2 atom stereocenters. The average Bonchev–Trinajstić information content (AvgIpc) is 2.29. The van der Waals surface area contributed by atoms with Crippen LogP contribution in [0.15, 0.2) is 28.7 Å². The molecule has 1 aromatic carbocycles. The average molecular weight is 299 g/mol. The van der Waals surface area contributed by atoms with Crippen LogP contribution in [0.2, 0.25) is 0 Å². The van der Waals surface area contributed by atoms with Gasteiger partial charge in [0.2, 0.25) is 5.91 Å². The van der Waals surface area contributed by atoms with Crippen LogP contribution >= 0.6 is 15.9 Å². The van der Waals surface area contributed by atoms with Crippen LogP contribution in [-0.2, 0) is 4.79 Å². The van der Waals surface area contributed by atoms with Gasteiger partial charge in [0.05, 0.1) is 6.04 Å². The molecule has 0 saturated heterocycles. The van der Waals surface area contributed by atoms with Crippen LogP contribution in [0.25, 0.3) is 0 Å². The Bertz CT molecular complexity index is 381. The molecule has 1 amide bonds. The smallest absolute Gasteiger partial charge is 0.223 e. The number of halogens is 1. The van der Waals surface area contributed by atoms with Crippen molar-refractivity contribution in [3.63, 3.8) is 0 Å². The molecular formula is C13H19BrN2O. The molecule has 0 aromatic heterocycles. The van der Waals surface area contributed by atoms with E-state index >= 15 is 0 Å². The van der Waals surface area contributed by atoms with Gasteiger partial charge in [-0.3, -0.25) is 4.79 Å². The third-order valence-corrected chi connectivity index (χ3v) is 3.25. The summed E-state index contributed by atoms with van der Waals surface area (Å²) in [6, 6.07) is 7.96. The van der Waals surface area contributed by atoms with Crippen molar-refractivity contribution in [2.75, 3.05) is 6.54 Å². The zero-order valence-corrected chi connectivity index (χ0v) is 11.8. The SMILES string of the molecule is CC(CCN)C(=O)N[C@@H](C)c1cccc(Br)c1. The van der Waals surface area contributed by atoms with Gasteiger partial charge in [-0.25, -0.2) is 0 Å². The van der Waals surface area contributed by atoms with Gasteiger partial charge in [-0.1, -0.05) is 35.0 Å². The lowest BCUT2D eigenvalue weighted by atomic mass is 10.0. The number of nitrogens with two attached hydrogens (primary N) is 1. The molecular weight excluding hydrogens is 280 g/mol. The van der Waals surface area contributed by atoms with Gasteiger partial charge in [0.15, 0.2) is 0 Å². The second kappa shape index (κ2) is 6.77. The van der Waals surface area contributed by atoms with Crippen molar-refractivity contribution in [1.82, 2.24) is 5.32 Å². The Labute approximate surface area is 111 Å². The first kappa shape index (κ1) is 14.2. The van der Waals surface area contributed by atoms with E-state index in [0.29, 0.717) is 6.54 Å². The third-order valence-electron chi connectivity index (χ3n) is 2.75. The zero-order chi connectivity index (χ0) is 12.8. The lowest BCUT2D eigenvalue weighted by Gasteiger charge is -2.17. The van der Waals surface area contributed by atoms with Gasteiger partial charge >= 0.3 is 0 Å². The highest BCUT2D eigenvalue weighted by Gasteiger charge is 2.15. The normalized spacial score (nSPS) is 14.1. The molecule has 3 N–H and O–H groups in total. The first-order valence-electron chi connectivity index (χ1n) is 5.80. The summed E-state index contributed by atoms with van der Waals surface area (Å²) in [5.74, 6) is 0.0255. The molecule has 0 aliphatic carbocycles. The Kier molecular flexibility index (Phi) is 5.65. The molecule has 1 unspecified atom stereocenters. The molecule has 3 nitrogen and oxygen atoms in total. The van der Waals surface area contributed by atoms with Crippen LogP contribution in [0.4, 0.5) is 0 Å². The maximum absolute atomic E-state index is 11.8. The zero-order valence-electron chi connectivity index (χ0n) is 10.2. The Balaban J connectivity index is 2.60. The summed E-state index contributed by atoms with van der Waals surface area (Å²) in [6.45, 7) is 4.42. The summed E-state index contributed by atoms with van der Waals surface area (Å²) < 4.78 is 1.02. The molecule has 0 fully saturated rings. The number of nitrogens with one attached hydrogen (secondary N) is 1. The summed E-state index contributed by atoms with van der Waals surface area (Å²) in [5, 5.41) is 2.99. The van der Waals surface area contributed by atoms with E-state index < -0.39 is 0 Å². The highest BCUT2D eigenvalue weighted by Crippen LogP contribution is 2.18. The van der Waals surface area contributed by atoms with E-state index in [4.69, 9.17) is 5.73 Å². The van der Waals surface area contributed by atoms with Crippen molar-refractivity contribution < 1.29 is 4.79 Å². The van der Waals surface area contributed by atoms with Crippen LogP contribution in [-0.4, -0.2) is 12.5 Å². The van der Waals surface area contributed by atoms with E-state index in [2.05, 4.69) is 21.2 Å². The van der Waals surface area contributed by atoms with E-state index in [1.807, 2.05) is 38.1 Å². The van der Waals surface area contributed by atoms with Crippen molar-refractivity contribution in [3.05, 3.63) is 34.3 Å². The fraction of sp³-hybridized carbons (Fsp3) is 0.462. The first-order chi connectivity index (χ1) is 8.04. The quantitative estimate of drug-likeness (QED) is 0.878. The minimum Gasteiger partial charge on any atom is -0.349 e. The Hall–Kier alpha value is -0.870. The predicted molar refractivity (Wildman–Crippen MR) is 73.5 cm³/mol. The molecule has 0 bridgehead atoms. The minimum absolute atomic E-state index is 0.0141.